The molecule has 0 saturated carbocycles. The molecule has 1 N–H and O–H groups in total. The van der Waals surface area contributed by atoms with Crippen molar-refractivity contribution in [3.05, 3.63) is 34.1 Å². The van der Waals surface area contributed by atoms with Gasteiger partial charge in [0.15, 0.2) is 0 Å². The molecule has 1 aromatic rings. The highest BCUT2D eigenvalue weighted by molar-refractivity contribution is 9.10. The molecule has 1 atom stereocenters. The first-order chi connectivity index (χ1) is 8.56. The van der Waals surface area contributed by atoms with Gasteiger partial charge in [-0.3, -0.25) is 0 Å². The monoisotopic (exact) mass is 316 g/mol. The molecule has 0 bridgehead atoms. The molecule has 0 heterocycles. The Morgan fingerprint density at radius 3 is 2.78 bits per heavy atom. The molecule has 0 radical (unpaired) electrons. The van der Waals surface area contributed by atoms with E-state index in [1.807, 2.05) is 20.2 Å². The maximum atomic E-state index is 13.6. The summed E-state index contributed by atoms with van der Waals surface area (Å²) in [6.07, 6.45) is 1.13. The summed E-state index contributed by atoms with van der Waals surface area (Å²) in [7, 11) is 4.01. The van der Waals surface area contributed by atoms with Crippen molar-refractivity contribution in [2.24, 2.45) is 5.92 Å². The second-order valence-corrected chi connectivity index (χ2v) is 5.68. The lowest BCUT2D eigenvalue weighted by Crippen LogP contribution is -2.31. The third-order valence-corrected chi connectivity index (χ3v) is 3.58. The van der Waals surface area contributed by atoms with Crippen LogP contribution in [0.3, 0.4) is 0 Å². The van der Waals surface area contributed by atoms with E-state index >= 15 is 0 Å². The summed E-state index contributed by atoms with van der Waals surface area (Å²) in [5.74, 6) is 0.474. The summed E-state index contributed by atoms with van der Waals surface area (Å²) in [4.78, 5) is 2.18. The molecule has 0 spiro atoms. The predicted molar refractivity (Wildman–Crippen MR) is 78.1 cm³/mol. The van der Waals surface area contributed by atoms with E-state index in [0.29, 0.717) is 12.5 Å². The zero-order valence-electron chi connectivity index (χ0n) is 11.3. The molecule has 0 fully saturated rings. The number of halogens is 2. The van der Waals surface area contributed by atoms with Gasteiger partial charge in [-0.2, -0.15) is 0 Å². The van der Waals surface area contributed by atoms with E-state index in [-0.39, 0.29) is 5.82 Å². The fraction of sp³-hybridized carbons (Fsp3) is 0.571. The summed E-state index contributed by atoms with van der Waals surface area (Å²) in [6, 6.07) is 5.09. The van der Waals surface area contributed by atoms with Crippen LogP contribution in [0.5, 0.6) is 0 Å². The van der Waals surface area contributed by atoms with Crippen molar-refractivity contribution >= 4 is 15.9 Å². The van der Waals surface area contributed by atoms with Gasteiger partial charge in [-0.25, -0.2) is 4.39 Å². The standard InChI is InChI=1S/C14H22BrFN2/c1-4-11(8-17-2)9-18(3)10-12-7-13(15)5-6-14(12)16/h5-7,11,17H,4,8-10H2,1-3H3. The Kier molecular flexibility index (Phi) is 6.82. The van der Waals surface area contributed by atoms with Crippen LogP contribution in [0.2, 0.25) is 0 Å². The molecule has 0 aromatic heterocycles. The molecular weight excluding hydrogens is 295 g/mol. The zero-order chi connectivity index (χ0) is 13.5. The van der Waals surface area contributed by atoms with Gasteiger partial charge >= 0.3 is 0 Å². The third kappa shape index (κ3) is 5.04. The van der Waals surface area contributed by atoms with Gasteiger partial charge in [0.1, 0.15) is 5.82 Å². The Bertz CT molecular complexity index is 371. The van der Waals surface area contributed by atoms with Gasteiger partial charge in [0.2, 0.25) is 0 Å². The second-order valence-electron chi connectivity index (χ2n) is 4.76. The Hall–Kier alpha value is -0.450. The number of rotatable bonds is 7. The highest BCUT2D eigenvalue weighted by Gasteiger charge is 2.11. The fourth-order valence-electron chi connectivity index (χ4n) is 2.09. The van der Waals surface area contributed by atoms with Crippen molar-refractivity contribution in [2.45, 2.75) is 19.9 Å². The van der Waals surface area contributed by atoms with E-state index in [1.54, 1.807) is 6.07 Å². The highest BCUT2D eigenvalue weighted by Crippen LogP contribution is 2.17. The minimum absolute atomic E-state index is 0.133. The molecule has 18 heavy (non-hydrogen) atoms. The molecule has 0 amide bonds. The molecule has 0 aliphatic carbocycles. The molecule has 1 unspecified atom stereocenters. The van der Waals surface area contributed by atoms with E-state index in [2.05, 4.69) is 33.1 Å². The Balaban J connectivity index is 2.58. The minimum Gasteiger partial charge on any atom is -0.319 e. The van der Waals surface area contributed by atoms with Crippen LogP contribution < -0.4 is 5.32 Å². The number of hydrogen-bond donors (Lipinski definition) is 1. The smallest absolute Gasteiger partial charge is 0.127 e. The number of benzene rings is 1. The molecule has 0 saturated heterocycles. The van der Waals surface area contributed by atoms with Crippen molar-refractivity contribution < 1.29 is 4.39 Å². The van der Waals surface area contributed by atoms with E-state index in [4.69, 9.17) is 0 Å². The minimum atomic E-state index is -0.133. The summed E-state index contributed by atoms with van der Waals surface area (Å²) < 4.78 is 14.6. The molecule has 1 rings (SSSR count). The molecule has 0 aliphatic heterocycles. The number of nitrogens with zero attached hydrogens (tertiary/aromatic N) is 1. The van der Waals surface area contributed by atoms with Crippen molar-refractivity contribution in [2.75, 3.05) is 27.2 Å². The highest BCUT2D eigenvalue weighted by atomic mass is 79.9. The molecular formula is C14H22BrFN2. The Morgan fingerprint density at radius 1 is 1.44 bits per heavy atom. The summed E-state index contributed by atoms with van der Waals surface area (Å²) in [5, 5.41) is 3.20. The van der Waals surface area contributed by atoms with Crippen LogP contribution in [0.15, 0.2) is 22.7 Å². The third-order valence-electron chi connectivity index (χ3n) is 3.09. The van der Waals surface area contributed by atoms with Gasteiger partial charge in [0.05, 0.1) is 0 Å². The van der Waals surface area contributed by atoms with Crippen LogP contribution in [-0.4, -0.2) is 32.1 Å². The van der Waals surface area contributed by atoms with Crippen LogP contribution in [-0.2, 0) is 6.54 Å². The van der Waals surface area contributed by atoms with Crippen molar-refractivity contribution in [1.82, 2.24) is 10.2 Å². The van der Waals surface area contributed by atoms with Gasteiger partial charge in [-0.05, 0) is 44.8 Å². The molecule has 102 valence electrons. The Labute approximate surface area is 118 Å². The summed E-state index contributed by atoms with van der Waals surface area (Å²) >= 11 is 3.38. The summed E-state index contributed by atoms with van der Waals surface area (Å²) in [5.41, 5.74) is 0.742. The number of nitrogens with one attached hydrogen (secondary N) is 1. The summed E-state index contributed by atoms with van der Waals surface area (Å²) in [6.45, 7) is 4.81. The van der Waals surface area contributed by atoms with Gasteiger partial charge in [0.25, 0.3) is 0 Å². The zero-order valence-corrected chi connectivity index (χ0v) is 12.9. The number of hydrogen-bond acceptors (Lipinski definition) is 2. The SMILES string of the molecule is CCC(CNC)CN(C)Cc1cc(Br)ccc1F. The normalized spacial score (nSPS) is 13.0. The molecule has 4 heteroatoms. The van der Waals surface area contributed by atoms with Crippen molar-refractivity contribution in [3.63, 3.8) is 0 Å². The lowest BCUT2D eigenvalue weighted by molar-refractivity contribution is 0.259. The first-order valence-corrected chi connectivity index (χ1v) is 7.13. The van der Waals surface area contributed by atoms with E-state index in [1.165, 1.54) is 6.07 Å². The van der Waals surface area contributed by atoms with Gasteiger partial charge < -0.3 is 10.2 Å². The van der Waals surface area contributed by atoms with E-state index in [9.17, 15) is 4.39 Å². The quantitative estimate of drug-likeness (QED) is 0.830. The van der Waals surface area contributed by atoms with E-state index in [0.717, 1.165) is 29.5 Å². The van der Waals surface area contributed by atoms with Gasteiger partial charge in [0, 0.05) is 23.1 Å². The van der Waals surface area contributed by atoms with Crippen LogP contribution >= 0.6 is 15.9 Å². The first kappa shape index (κ1) is 15.6. The van der Waals surface area contributed by atoms with E-state index < -0.39 is 0 Å². The fourth-order valence-corrected chi connectivity index (χ4v) is 2.50. The van der Waals surface area contributed by atoms with Crippen molar-refractivity contribution in [3.8, 4) is 0 Å². The lowest BCUT2D eigenvalue weighted by atomic mass is 10.1. The van der Waals surface area contributed by atoms with Crippen LogP contribution in [0.4, 0.5) is 4.39 Å². The predicted octanol–water partition coefficient (Wildman–Crippen LogP) is 3.27. The average Bonchev–Trinajstić information content (AvgIpc) is 2.33. The largest absolute Gasteiger partial charge is 0.319 e. The van der Waals surface area contributed by atoms with Crippen LogP contribution in [0.1, 0.15) is 18.9 Å². The second kappa shape index (κ2) is 7.87. The van der Waals surface area contributed by atoms with Gasteiger partial charge in [-0.1, -0.05) is 29.3 Å². The van der Waals surface area contributed by atoms with Gasteiger partial charge in [-0.15, -0.1) is 0 Å². The maximum Gasteiger partial charge on any atom is 0.127 e. The molecule has 2 nitrogen and oxygen atoms in total. The Morgan fingerprint density at radius 2 is 2.17 bits per heavy atom. The van der Waals surface area contributed by atoms with Crippen molar-refractivity contribution in [1.29, 1.82) is 0 Å². The first-order valence-electron chi connectivity index (χ1n) is 6.33. The van der Waals surface area contributed by atoms with Crippen LogP contribution in [0.25, 0.3) is 0 Å². The molecule has 1 aromatic carbocycles. The maximum absolute atomic E-state index is 13.6. The van der Waals surface area contributed by atoms with Crippen LogP contribution in [0, 0.1) is 11.7 Å². The average molecular weight is 317 g/mol. The lowest BCUT2D eigenvalue weighted by Gasteiger charge is -2.23. The topological polar surface area (TPSA) is 15.3 Å². The molecule has 0 aliphatic rings.